The van der Waals surface area contributed by atoms with Gasteiger partial charge in [0.15, 0.2) is 0 Å². The van der Waals surface area contributed by atoms with Crippen molar-refractivity contribution in [2.75, 3.05) is 0 Å². The average molecular weight is 120 g/mol. The van der Waals surface area contributed by atoms with Crippen LogP contribution >= 0.6 is 11.6 Å². The van der Waals surface area contributed by atoms with Crippen molar-refractivity contribution >= 4 is 11.6 Å². The van der Waals surface area contributed by atoms with Gasteiger partial charge in [-0.15, -0.1) is 0 Å². The highest BCUT2D eigenvalue weighted by molar-refractivity contribution is 6.30. The normalized spacial score (nSPS) is 9.29. The summed E-state index contributed by atoms with van der Waals surface area (Å²) in [5, 5.41) is 14.3. The Morgan fingerprint density at radius 3 is 2.57 bits per heavy atom. The summed E-state index contributed by atoms with van der Waals surface area (Å²) >= 11 is 5.11. The van der Waals surface area contributed by atoms with Gasteiger partial charge in [0.05, 0.1) is 0 Å². The molecule has 1 aromatic rings. The Kier molecular flexibility index (Phi) is 0.867. The van der Waals surface area contributed by atoms with Gasteiger partial charge in [-0.3, -0.25) is 4.52 Å². The molecule has 1 N–H and O–H groups in total. The summed E-state index contributed by atoms with van der Waals surface area (Å²) in [5.41, 5.74) is 0. The molecule has 4 nitrogen and oxygen atoms in total. The lowest BCUT2D eigenvalue weighted by atomic mass is 10.9. The summed E-state index contributed by atoms with van der Waals surface area (Å²) in [6.07, 6.45) is 0. The lowest BCUT2D eigenvalue weighted by Gasteiger charge is -1.70. The number of aromatic nitrogens is 2. The lowest BCUT2D eigenvalue weighted by molar-refractivity contribution is 0.270. The zero-order valence-corrected chi connectivity index (χ0v) is 3.88. The van der Waals surface area contributed by atoms with E-state index in [0.29, 0.717) is 0 Å². The second kappa shape index (κ2) is 1.38. The van der Waals surface area contributed by atoms with Crippen LogP contribution in [-0.4, -0.2) is 15.5 Å². The molecule has 0 aliphatic heterocycles. The van der Waals surface area contributed by atoms with E-state index in [0.717, 1.165) is 0 Å². The minimum absolute atomic E-state index is 0.111. The quantitative estimate of drug-likeness (QED) is 0.539. The third-order valence-electron chi connectivity index (χ3n) is 0.432. The lowest BCUT2D eigenvalue weighted by Crippen LogP contribution is -1.59. The first-order valence-electron chi connectivity index (χ1n) is 1.47. The highest BCUT2D eigenvalue weighted by Gasteiger charge is 2.00. The molecule has 1 rings (SSSR count). The van der Waals surface area contributed by atoms with Crippen molar-refractivity contribution in [2.24, 2.45) is 0 Å². The molecule has 0 amide bonds. The van der Waals surface area contributed by atoms with Crippen LogP contribution in [0, 0.1) is 0 Å². The topological polar surface area (TPSA) is 59.2 Å². The molecule has 0 fully saturated rings. The zero-order chi connectivity index (χ0) is 5.28. The molecular formula is C2HClN2O2. The van der Waals surface area contributed by atoms with Crippen molar-refractivity contribution in [2.45, 2.75) is 0 Å². The second-order valence-electron chi connectivity index (χ2n) is 0.869. The SMILES string of the molecule is Oc1onnc1Cl. The predicted octanol–water partition coefficient (Wildman–Crippen LogP) is 0.429. The van der Waals surface area contributed by atoms with E-state index in [1.54, 1.807) is 0 Å². The van der Waals surface area contributed by atoms with Gasteiger partial charge in [-0.25, -0.2) is 0 Å². The van der Waals surface area contributed by atoms with Crippen LogP contribution in [-0.2, 0) is 0 Å². The van der Waals surface area contributed by atoms with Gasteiger partial charge < -0.3 is 5.11 Å². The Hall–Kier alpha value is -0.770. The molecule has 0 atom stereocenters. The number of nitrogens with zero attached hydrogens (tertiary/aromatic N) is 2. The summed E-state index contributed by atoms with van der Waals surface area (Å²) < 4.78 is 4.03. The molecule has 0 saturated heterocycles. The number of halogens is 1. The Morgan fingerprint density at radius 2 is 2.43 bits per heavy atom. The average Bonchev–Trinajstić information content (AvgIpc) is 1.91. The van der Waals surface area contributed by atoms with Crippen molar-refractivity contribution in [3.8, 4) is 5.95 Å². The van der Waals surface area contributed by atoms with Crippen LogP contribution in [0.2, 0.25) is 5.15 Å². The highest BCUT2D eigenvalue weighted by Crippen LogP contribution is 2.16. The molecule has 1 aromatic heterocycles. The van der Waals surface area contributed by atoms with Gasteiger partial charge in [0.1, 0.15) is 0 Å². The van der Waals surface area contributed by atoms with Gasteiger partial charge in [-0.1, -0.05) is 16.7 Å². The van der Waals surface area contributed by atoms with Gasteiger partial charge in [0.2, 0.25) is 5.15 Å². The molecule has 0 spiro atoms. The number of hydrogen-bond acceptors (Lipinski definition) is 4. The Morgan fingerprint density at radius 1 is 1.71 bits per heavy atom. The number of aromatic hydroxyl groups is 1. The van der Waals surface area contributed by atoms with Crippen LogP contribution in [0.15, 0.2) is 4.52 Å². The summed E-state index contributed by atoms with van der Waals surface area (Å²) in [6.45, 7) is 0. The van der Waals surface area contributed by atoms with Crippen molar-refractivity contribution in [1.82, 2.24) is 10.4 Å². The van der Waals surface area contributed by atoms with Crippen molar-refractivity contribution < 1.29 is 9.63 Å². The van der Waals surface area contributed by atoms with Crippen LogP contribution in [0.4, 0.5) is 0 Å². The van der Waals surface area contributed by atoms with Crippen molar-refractivity contribution in [3.05, 3.63) is 5.15 Å². The molecule has 0 unspecified atom stereocenters. The molecule has 1 heterocycles. The fraction of sp³-hybridized carbons (Fsp3) is 0. The fourth-order valence-corrected chi connectivity index (χ4v) is 0.241. The molecule has 0 saturated carbocycles. The van der Waals surface area contributed by atoms with Crippen molar-refractivity contribution in [1.29, 1.82) is 0 Å². The highest BCUT2D eigenvalue weighted by atomic mass is 35.5. The minimum Gasteiger partial charge on any atom is -0.477 e. The fourth-order valence-electron chi connectivity index (χ4n) is 0.175. The molecule has 0 bridgehead atoms. The first kappa shape index (κ1) is 4.39. The zero-order valence-electron chi connectivity index (χ0n) is 3.13. The maximum Gasteiger partial charge on any atom is 0.349 e. The van der Waals surface area contributed by atoms with E-state index in [2.05, 4.69) is 14.9 Å². The number of rotatable bonds is 0. The molecule has 5 heteroatoms. The molecule has 0 radical (unpaired) electrons. The van der Waals surface area contributed by atoms with Gasteiger partial charge >= 0.3 is 5.95 Å². The van der Waals surface area contributed by atoms with Gasteiger partial charge in [-0.05, 0) is 0 Å². The first-order valence-corrected chi connectivity index (χ1v) is 1.85. The smallest absolute Gasteiger partial charge is 0.349 e. The van der Waals surface area contributed by atoms with Crippen LogP contribution in [0.25, 0.3) is 0 Å². The summed E-state index contributed by atoms with van der Waals surface area (Å²) in [4.78, 5) is 0. The molecule has 0 aliphatic rings. The molecule has 0 aromatic carbocycles. The van der Waals surface area contributed by atoms with Crippen LogP contribution < -0.4 is 0 Å². The second-order valence-corrected chi connectivity index (χ2v) is 1.23. The van der Waals surface area contributed by atoms with E-state index in [4.69, 9.17) is 16.7 Å². The standard InChI is InChI=1S/C2HClN2O2/c3-1-2(6)7-5-4-1/h6H. The molecule has 7 heavy (non-hydrogen) atoms. The van der Waals surface area contributed by atoms with Crippen LogP contribution in [0.1, 0.15) is 0 Å². The largest absolute Gasteiger partial charge is 0.477 e. The summed E-state index contributed by atoms with van der Waals surface area (Å²) in [7, 11) is 0. The molecular weight excluding hydrogens is 119 g/mol. The monoisotopic (exact) mass is 120 g/mol. The predicted molar refractivity (Wildman–Crippen MR) is 21.0 cm³/mol. The van der Waals surface area contributed by atoms with E-state index in [9.17, 15) is 0 Å². The van der Waals surface area contributed by atoms with Crippen LogP contribution in [0.5, 0.6) is 5.95 Å². The molecule has 38 valence electrons. The summed E-state index contributed by atoms with van der Waals surface area (Å²) in [5.74, 6) is -0.443. The van der Waals surface area contributed by atoms with Gasteiger partial charge in [0.25, 0.3) is 0 Å². The number of hydrogen-bond donors (Lipinski definition) is 1. The third-order valence-corrected chi connectivity index (χ3v) is 0.670. The molecule has 0 aliphatic carbocycles. The maximum atomic E-state index is 8.34. The van der Waals surface area contributed by atoms with Gasteiger partial charge in [-0.2, -0.15) is 0 Å². The Labute approximate surface area is 43.7 Å². The van der Waals surface area contributed by atoms with Crippen molar-refractivity contribution in [3.63, 3.8) is 0 Å². The van der Waals surface area contributed by atoms with E-state index < -0.39 is 5.95 Å². The van der Waals surface area contributed by atoms with E-state index in [1.165, 1.54) is 0 Å². The first-order chi connectivity index (χ1) is 3.30. The van der Waals surface area contributed by atoms with E-state index in [-0.39, 0.29) is 5.15 Å². The minimum atomic E-state index is -0.443. The maximum absolute atomic E-state index is 8.34. The Bertz CT molecular complexity index is 146. The van der Waals surface area contributed by atoms with E-state index >= 15 is 0 Å². The Balaban J connectivity index is 3.12. The van der Waals surface area contributed by atoms with Crippen LogP contribution in [0.3, 0.4) is 0 Å². The summed E-state index contributed by atoms with van der Waals surface area (Å²) in [6, 6.07) is 0. The van der Waals surface area contributed by atoms with Gasteiger partial charge in [0, 0.05) is 5.27 Å². The van der Waals surface area contributed by atoms with E-state index in [1.807, 2.05) is 0 Å². The third kappa shape index (κ3) is 0.640.